The Morgan fingerprint density at radius 2 is 1.68 bits per heavy atom. The monoisotopic (exact) mass is 335 g/mol. The van der Waals surface area contributed by atoms with Crippen LogP contribution in [0, 0.1) is 0 Å². The van der Waals surface area contributed by atoms with Crippen LogP contribution in [0.2, 0.25) is 0 Å². The first-order valence-corrected chi connectivity index (χ1v) is 8.37. The molecule has 1 N–H and O–H groups in total. The van der Waals surface area contributed by atoms with Gasteiger partial charge in [0.25, 0.3) is 5.91 Å². The van der Waals surface area contributed by atoms with Gasteiger partial charge < -0.3 is 10.1 Å². The Hall–Kier alpha value is -2.79. The van der Waals surface area contributed by atoms with Gasteiger partial charge in [-0.3, -0.25) is 14.4 Å². The van der Waals surface area contributed by atoms with Crippen LogP contribution in [0.4, 0.5) is 0 Å². The number of carbonyl (C=O) groups is 3. The lowest BCUT2D eigenvalue weighted by atomic mass is 9.83. The average Bonchev–Trinajstić information content (AvgIpc) is 3.17. The maximum atomic E-state index is 12.7. The lowest BCUT2D eigenvalue weighted by molar-refractivity contribution is 0.0857. The van der Waals surface area contributed by atoms with Crippen LogP contribution < -0.4 is 5.32 Å². The summed E-state index contributed by atoms with van der Waals surface area (Å²) in [6, 6.07) is 11.4. The van der Waals surface area contributed by atoms with Crippen LogP contribution in [0.5, 0.6) is 0 Å². The van der Waals surface area contributed by atoms with Crippen molar-refractivity contribution < 1.29 is 19.1 Å². The van der Waals surface area contributed by atoms with E-state index >= 15 is 0 Å². The van der Waals surface area contributed by atoms with E-state index < -0.39 is 0 Å². The summed E-state index contributed by atoms with van der Waals surface area (Å²) in [5.41, 5.74) is 1.80. The molecule has 5 nitrogen and oxygen atoms in total. The van der Waals surface area contributed by atoms with Crippen molar-refractivity contribution in [3.63, 3.8) is 0 Å². The largest absolute Gasteiger partial charge is 0.376 e. The molecule has 2 aliphatic rings. The quantitative estimate of drug-likeness (QED) is 0.797. The molecule has 1 aliphatic carbocycles. The molecule has 1 amide bonds. The summed E-state index contributed by atoms with van der Waals surface area (Å²) in [4.78, 5) is 37.6. The zero-order valence-electron chi connectivity index (χ0n) is 13.6. The molecule has 126 valence electrons. The van der Waals surface area contributed by atoms with E-state index in [4.69, 9.17) is 4.74 Å². The number of nitrogens with one attached hydrogen (secondary N) is 1. The molecule has 1 atom stereocenters. The van der Waals surface area contributed by atoms with Crippen LogP contribution in [0.3, 0.4) is 0 Å². The third-order valence-electron chi connectivity index (χ3n) is 4.70. The van der Waals surface area contributed by atoms with E-state index in [9.17, 15) is 14.4 Å². The summed E-state index contributed by atoms with van der Waals surface area (Å²) in [6.45, 7) is 1.18. The fraction of sp³-hybridized carbons (Fsp3) is 0.250. The number of hydrogen-bond acceptors (Lipinski definition) is 4. The first kappa shape index (κ1) is 15.7. The molecule has 1 aliphatic heterocycles. The van der Waals surface area contributed by atoms with Crippen molar-refractivity contribution >= 4 is 17.5 Å². The molecule has 0 radical (unpaired) electrons. The Labute approximate surface area is 145 Å². The smallest absolute Gasteiger partial charge is 0.251 e. The van der Waals surface area contributed by atoms with Crippen LogP contribution in [-0.2, 0) is 4.74 Å². The van der Waals surface area contributed by atoms with Crippen molar-refractivity contribution in [1.29, 1.82) is 0 Å². The third-order valence-corrected chi connectivity index (χ3v) is 4.70. The number of rotatable bonds is 3. The van der Waals surface area contributed by atoms with Crippen molar-refractivity contribution in [3.8, 4) is 0 Å². The van der Waals surface area contributed by atoms with Gasteiger partial charge in [0, 0.05) is 41.0 Å². The minimum absolute atomic E-state index is 0.0525. The molecule has 0 unspecified atom stereocenters. The number of carbonyl (C=O) groups excluding carboxylic acids is 3. The van der Waals surface area contributed by atoms with Crippen LogP contribution in [-0.4, -0.2) is 36.7 Å². The minimum atomic E-state index is -0.266. The van der Waals surface area contributed by atoms with Gasteiger partial charge in [-0.1, -0.05) is 24.3 Å². The molecule has 1 saturated heterocycles. The van der Waals surface area contributed by atoms with Crippen molar-refractivity contribution in [3.05, 3.63) is 70.3 Å². The van der Waals surface area contributed by atoms with Gasteiger partial charge in [0.1, 0.15) is 0 Å². The highest BCUT2D eigenvalue weighted by Gasteiger charge is 2.30. The van der Waals surface area contributed by atoms with Crippen LogP contribution in [0.15, 0.2) is 42.5 Å². The number of ether oxygens (including phenoxy) is 1. The lowest BCUT2D eigenvalue weighted by Gasteiger charge is -2.18. The fourth-order valence-corrected chi connectivity index (χ4v) is 3.35. The molecule has 4 rings (SSSR count). The topological polar surface area (TPSA) is 72.5 Å². The van der Waals surface area contributed by atoms with E-state index in [1.165, 1.54) is 6.07 Å². The lowest BCUT2D eigenvalue weighted by Crippen LogP contribution is -2.32. The van der Waals surface area contributed by atoms with Crippen LogP contribution in [0.1, 0.15) is 55.0 Å². The maximum Gasteiger partial charge on any atom is 0.251 e. The fourth-order valence-electron chi connectivity index (χ4n) is 3.35. The Kier molecular flexibility index (Phi) is 3.93. The third kappa shape index (κ3) is 2.76. The van der Waals surface area contributed by atoms with Gasteiger partial charge in [0.2, 0.25) is 0 Å². The van der Waals surface area contributed by atoms with E-state index in [1.54, 1.807) is 36.4 Å². The molecule has 1 fully saturated rings. The van der Waals surface area contributed by atoms with E-state index in [0.717, 1.165) is 19.4 Å². The highest BCUT2D eigenvalue weighted by molar-refractivity contribution is 6.28. The number of ketones is 2. The molecule has 1 heterocycles. The molecular formula is C20H17NO4. The first-order valence-electron chi connectivity index (χ1n) is 8.37. The molecule has 25 heavy (non-hydrogen) atoms. The number of amides is 1. The van der Waals surface area contributed by atoms with E-state index in [2.05, 4.69) is 5.32 Å². The number of fused-ring (bicyclic) bond motifs is 2. The van der Waals surface area contributed by atoms with E-state index in [1.807, 2.05) is 0 Å². The Balaban J connectivity index is 1.60. The molecule has 0 saturated carbocycles. The zero-order valence-corrected chi connectivity index (χ0v) is 13.6. The van der Waals surface area contributed by atoms with Gasteiger partial charge in [-0.25, -0.2) is 0 Å². The van der Waals surface area contributed by atoms with Crippen molar-refractivity contribution in [2.24, 2.45) is 0 Å². The second kappa shape index (κ2) is 6.26. The summed E-state index contributed by atoms with van der Waals surface area (Å²) in [6.07, 6.45) is 2.00. The second-order valence-corrected chi connectivity index (χ2v) is 6.31. The first-order chi connectivity index (χ1) is 12.1. The normalized spacial score (nSPS) is 18.6. The molecule has 0 spiro atoms. The van der Waals surface area contributed by atoms with Gasteiger partial charge in [-0.15, -0.1) is 0 Å². The summed E-state index contributed by atoms with van der Waals surface area (Å²) in [7, 11) is 0. The molecule has 2 aromatic carbocycles. The molecule has 0 aromatic heterocycles. The Bertz CT molecular complexity index is 881. The van der Waals surface area contributed by atoms with Gasteiger partial charge in [-0.05, 0) is 31.0 Å². The highest BCUT2D eigenvalue weighted by atomic mass is 16.5. The maximum absolute atomic E-state index is 12.7. The van der Waals surface area contributed by atoms with Crippen LogP contribution in [0.25, 0.3) is 0 Å². The summed E-state index contributed by atoms with van der Waals surface area (Å²) >= 11 is 0. The van der Waals surface area contributed by atoms with E-state index in [0.29, 0.717) is 28.8 Å². The number of hydrogen-bond donors (Lipinski definition) is 1. The van der Waals surface area contributed by atoms with E-state index in [-0.39, 0.29) is 29.1 Å². The molecular weight excluding hydrogens is 318 g/mol. The average molecular weight is 335 g/mol. The Morgan fingerprint density at radius 3 is 2.36 bits per heavy atom. The summed E-state index contributed by atoms with van der Waals surface area (Å²) in [5, 5.41) is 2.83. The van der Waals surface area contributed by atoms with Crippen LogP contribution >= 0.6 is 0 Å². The predicted octanol–water partition coefficient (Wildman–Crippen LogP) is 2.37. The highest BCUT2D eigenvalue weighted by Crippen LogP contribution is 2.27. The zero-order chi connectivity index (χ0) is 17.4. The summed E-state index contributed by atoms with van der Waals surface area (Å²) < 4.78 is 5.49. The van der Waals surface area contributed by atoms with Gasteiger partial charge in [-0.2, -0.15) is 0 Å². The molecule has 0 bridgehead atoms. The minimum Gasteiger partial charge on any atom is -0.376 e. The summed E-state index contributed by atoms with van der Waals surface area (Å²) in [5.74, 6) is -0.673. The van der Waals surface area contributed by atoms with Crippen molar-refractivity contribution in [2.45, 2.75) is 18.9 Å². The Morgan fingerprint density at radius 1 is 1.00 bits per heavy atom. The molecule has 5 heteroatoms. The SMILES string of the molecule is O=C(NC[C@@H]1CCCO1)c1ccc2c(c1)C(=O)c1ccccc1C2=O. The molecule has 2 aromatic rings. The second-order valence-electron chi connectivity index (χ2n) is 6.31. The van der Waals surface area contributed by atoms with Crippen molar-refractivity contribution in [1.82, 2.24) is 5.32 Å². The van der Waals surface area contributed by atoms with Gasteiger partial charge in [0.15, 0.2) is 11.6 Å². The van der Waals surface area contributed by atoms with Gasteiger partial charge >= 0.3 is 0 Å². The standard InChI is InChI=1S/C20H17NO4/c22-18-14-5-1-2-6-15(14)19(23)17-10-12(7-8-16(17)18)20(24)21-11-13-4-3-9-25-13/h1-2,5-8,10,13H,3-4,9,11H2,(H,21,24)/t13-/m0/s1. The number of benzene rings is 2. The van der Waals surface area contributed by atoms with Gasteiger partial charge in [0.05, 0.1) is 6.10 Å². The van der Waals surface area contributed by atoms with Crippen molar-refractivity contribution in [2.75, 3.05) is 13.2 Å². The predicted molar refractivity (Wildman–Crippen MR) is 91.1 cm³/mol.